The number of Topliss-reactive ketones (excluding diaryl/α,β-unsaturated/α-hetero) is 1. The molecular formula is C17H24O3. The van der Waals surface area contributed by atoms with E-state index in [9.17, 15) is 4.79 Å². The predicted molar refractivity (Wildman–Crippen MR) is 79.4 cm³/mol. The fourth-order valence-corrected chi connectivity index (χ4v) is 3.00. The minimum absolute atomic E-state index is 0.320. The molecular weight excluding hydrogens is 252 g/mol. The first kappa shape index (κ1) is 14.9. The van der Waals surface area contributed by atoms with Crippen molar-refractivity contribution < 1.29 is 14.3 Å². The Morgan fingerprint density at radius 1 is 1.15 bits per heavy atom. The van der Waals surface area contributed by atoms with Gasteiger partial charge in [-0.1, -0.05) is 38.2 Å². The highest BCUT2D eigenvalue weighted by Gasteiger charge is 2.18. The zero-order valence-electron chi connectivity index (χ0n) is 12.5. The average molecular weight is 276 g/mol. The number of benzene rings is 1. The van der Waals surface area contributed by atoms with Crippen molar-refractivity contribution in [2.75, 3.05) is 14.2 Å². The van der Waals surface area contributed by atoms with Crippen LogP contribution in [0.3, 0.4) is 0 Å². The van der Waals surface area contributed by atoms with Crippen LogP contribution in [0.5, 0.6) is 11.5 Å². The summed E-state index contributed by atoms with van der Waals surface area (Å²) in [6.45, 7) is 0. The van der Waals surface area contributed by atoms with E-state index >= 15 is 0 Å². The van der Waals surface area contributed by atoms with Crippen LogP contribution in [0.4, 0.5) is 0 Å². The average Bonchev–Trinajstić information content (AvgIpc) is 2.48. The standard InChI is InChI=1S/C17H24O3/c1-19-16-9-8-14(17(12-16)20-2)11-15(18)10-13-6-4-3-5-7-13/h8-9,12-13H,3-7,10-11H2,1-2H3. The predicted octanol–water partition coefficient (Wildman–Crippen LogP) is 3.79. The highest BCUT2D eigenvalue weighted by molar-refractivity contribution is 5.81. The van der Waals surface area contributed by atoms with E-state index in [0.717, 1.165) is 23.5 Å². The fourth-order valence-electron chi connectivity index (χ4n) is 3.00. The molecule has 0 spiro atoms. The Balaban J connectivity index is 1.96. The van der Waals surface area contributed by atoms with E-state index in [1.165, 1.54) is 32.1 Å². The highest BCUT2D eigenvalue weighted by atomic mass is 16.5. The van der Waals surface area contributed by atoms with Gasteiger partial charge < -0.3 is 9.47 Å². The molecule has 3 heteroatoms. The maximum absolute atomic E-state index is 12.2. The molecule has 1 aliphatic rings. The molecule has 1 fully saturated rings. The molecule has 0 heterocycles. The van der Waals surface area contributed by atoms with E-state index in [-0.39, 0.29) is 0 Å². The summed E-state index contributed by atoms with van der Waals surface area (Å²) in [4.78, 5) is 12.2. The number of ketones is 1. The van der Waals surface area contributed by atoms with Gasteiger partial charge >= 0.3 is 0 Å². The van der Waals surface area contributed by atoms with Gasteiger partial charge in [0, 0.05) is 24.5 Å². The van der Waals surface area contributed by atoms with Crippen molar-refractivity contribution in [3.05, 3.63) is 23.8 Å². The second-order valence-electron chi connectivity index (χ2n) is 5.60. The Morgan fingerprint density at radius 3 is 2.55 bits per heavy atom. The van der Waals surface area contributed by atoms with E-state index in [1.54, 1.807) is 14.2 Å². The maximum Gasteiger partial charge on any atom is 0.137 e. The number of rotatable bonds is 6. The summed E-state index contributed by atoms with van der Waals surface area (Å²) in [5.41, 5.74) is 0.953. The number of methoxy groups -OCH3 is 2. The molecule has 3 nitrogen and oxygen atoms in total. The molecule has 0 aliphatic heterocycles. The number of carbonyl (C=O) groups excluding carboxylic acids is 1. The molecule has 2 rings (SSSR count). The van der Waals surface area contributed by atoms with Crippen molar-refractivity contribution in [2.24, 2.45) is 5.92 Å². The topological polar surface area (TPSA) is 35.5 Å². The summed E-state index contributed by atoms with van der Waals surface area (Å²) >= 11 is 0. The van der Waals surface area contributed by atoms with Crippen LogP contribution < -0.4 is 9.47 Å². The maximum atomic E-state index is 12.2. The third-order valence-corrected chi connectivity index (χ3v) is 4.12. The van der Waals surface area contributed by atoms with Crippen molar-refractivity contribution in [3.63, 3.8) is 0 Å². The third kappa shape index (κ3) is 3.99. The lowest BCUT2D eigenvalue weighted by atomic mass is 9.85. The number of hydrogen-bond donors (Lipinski definition) is 0. The number of carbonyl (C=O) groups is 1. The summed E-state index contributed by atoms with van der Waals surface area (Å²) in [6, 6.07) is 5.64. The second-order valence-corrected chi connectivity index (χ2v) is 5.60. The van der Waals surface area contributed by atoms with Crippen LogP contribution in [-0.2, 0) is 11.2 Å². The van der Waals surface area contributed by atoms with Crippen LogP contribution in [0.1, 0.15) is 44.1 Å². The minimum atomic E-state index is 0.320. The Bertz CT molecular complexity index is 448. The number of hydrogen-bond acceptors (Lipinski definition) is 3. The Kier molecular flexibility index (Phi) is 5.45. The second kappa shape index (κ2) is 7.32. The van der Waals surface area contributed by atoms with Crippen LogP contribution in [0, 0.1) is 5.92 Å². The largest absolute Gasteiger partial charge is 0.497 e. The number of ether oxygens (including phenoxy) is 2. The van der Waals surface area contributed by atoms with Gasteiger partial charge in [-0.25, -0.2) is 0 Å². The van der Waals surface area contributed by atoms with Crippen molar-refractivity contribution in [1.82, 2.24) is 0 Å². The zero-order chi connectivity index (χ0) is 14.4. The molecule has 0 bridgehead atoms. The Morgan fingerprint density at radius 2 is 1.90 bits per heavy atom. The summed E-state index contributed by atoms with van der Waals surface area (Å²) in [5, 5.41) is 0. The van der Waals surface area contributed by atoms with Gasteiger partial charge in [0.15, 0.2) is 0 Å². The molecule has 1 saturated carbocycles. The summed E-state index contributed by atoms with van der Waals surface area (Å²) in [7, 11) is 3.26. The summed E-state index contributed by atoms with van der Waals surface area (Å²) < 4.78 is 10.5. The lowest BCUT2D eigenvalue weighted by molar-refractivity contribution is -0.119. The van der Waals surface area contributed by atoms with Crippen LogP contribution >= 0.6 is 0 Å². The summed E-state index contributed by atoms with van der Waals surface area (Å²) in [6.07, 6.45) is 7.50. The Labute approximate surface area is 121 Å². The van der Waals surface area contributed by atoms with Gasteiger partial charge in [0.05, 0.1) is 14.2 Å². The van der Waals surface area contributed by atoms with Crippen LogP contribution in [0.25, 0.3) is 0 Å². The first-order valence-electron chi connectivity index (χ1n) is 7.45. The van der Waals surface area contributed by atoms with Gasteiger partial charge in [-0.05, 0) is 12.0 Å². The lowest BCUT2D eigenvalue weighted by Gasteiger charge is -2.20. The van der Waals surface area contributed by atoms with Crippen LogP contribution in [0.15, 0.2) is 18.2 Å². The monoisotopic (exact) mass is 276 g/mol. The molecule has 0 amide bonds. The van der Waals surface area contributed by atoms with Crippen molar-refractivity contribution in [2.45, 2.75) is 44.9 Å². The normalized spacial score (nSPS) is 15.9. The van der Waals surface area contributed by atoms with Crippen LogP contribution in [-0.4, -0.2) is 20.0 Å². The molecule has 0 radical (unpaired) electrons. The van der Waals surface area contributed by atoms with Gasteiger partial charge in [0.2, 0.25) is 0 Å². The van der Waals surface area contributed by atoms with E-state index in [0.29, 0.717) is 18.1 Å². The van der Waals surface area contributed by atoms with E-state index in [4.69, 9.17) is 9.47 Å². The molecule has 110 valence electrons. The molecule has 1 aromatic rings. The minimum Gasteiger partial charge on any atom is -0.497 e. The molecule has 0 atom stereocenters. The molecule has 0 unspecified atom stereocenters. The van der Waals surface area contributed by atoms with Crippen LogP contribution in [0.2, 0.25) is 0 Å². The van der Waals surface area contributed by atoms with E-state index < -0.39 is 0 Å². The zero-order valence-corrected chi connectivity index (χ0v) is 12.5. The SMILES string of the molecule is COc1ccc(CC(=O)CC2CCCCC2)c(OC)c1. The van der Waals surface area contributed by atoms with Gasteiger partial charge in [-0.3, -0.25) is 4.79 Å². The van der Waals surface area contributed by atoms with E-state index in [2.05, 4.69) is 0 Å². The van der Waals surface area contributed by atoms with Gasteiger partial charge in [-0.2, -0.15) is 0 Å². The smallest absolute Gasteiger partial charge is 0.137 e. The van der Waals surface area contributed by atoms with Gasteiger partial charge in [0.25, 0.3) is 0 Å². The molecule has 1 aromatic carbocycles. The Hall–Kier alpha value is -1.51. The van der Waals surface area contributed by atoms with Gasteiger partial charge in [-0.15, -0.1) is 0 Å². The van der Waals surface area contributed by atoms with E-state index in [1.807, 2.05) is 18.2 Å². The fraction of sp³-hybridized carbons (Fsp3) is 0.588. The molecule has 0 saturated heterocycles. The highest BCUT2D eigenvalue weighted by Crippen LogP contribution is 2.29. The first-order chi connectivity index (χ1) is 9.72. The molecule has 20 heavy (non-hydrogen) atoms. The van der Waals surface area contributed by atoms with Crippen molar-refractivity contribution in [1.29, 1.82) is 0 Å². The molecule has 0 aromatic heterocycles. The molecule has 1 aliphatic carbocycles. The first-order valence-corrected chi connectivity index (χ1v) is 7.45. The summed E-state index contributed by atoms with van der Waals surface area (Å²) in [5.74, 6) is 2.41. The van der Waals surface area contributed by atoms with Gasteiger partial charge in [0.1, 0.15) is 17.3 Å². The van der Waals surface area contributed by atoms with Crippen molar-refractivity contribution >= 4 is 5.78 Å². The molecule has 0 N–H and O–H groups in total. The lowest BCUT2D eigenvalue weighted by Crippen LogP contribution is -2.14. The quantitative estimate of drug-likeness (QED) is 0.793. The third-order valence-electron chi connectivity index (χ3n) is 4.12. The van der Waals surface area contributed by atoms with Crippen molar-refractivity contribution in [3.8, 4) is 11.5 Å².